The number of rotatable bonds is 5. The highest BCUT2D eigenvalue weighted by atomic mass is 32.2. The average Bonchev–Trinajstić information content (AvgIpc) is 2.45. The van der Waals surface area contributed by atoms with Crippen molar-refractivity contribution in [2.75, 3.05) is 23.4 Å². The summed E-state index contributed by atoms with van der Waals surface area (Å²) in [6.45, 7) is 7.57. The summed E-state index contributed by atoms with van der Waals surface area (Å²) in [5, 5.41) is 6.51. The Bertz CT molecular complexity index is 453. The Labute approximate surface area is 131 Å². The molecule has 0 amide bonds. The summed E-state index contributed by atoms with van der Waals surface area (Å²) in [6, 6.07) is 1.75. The minimum Gasteiger partial charge on any atom is -0.367 e. The van der Waals surface area contributed by atoms with Crippen LogP contribution in [0.4, 0.5) is 10.2 Å². The molecule has 5 heteroatoms. The van der Waals surface area contributed by atoms with Gasteiger partial charge in [-0.1, -0.05) is 0 Å². The summed E-state index contributed by atoms with van der Waals surface area (Å²) in [5.74, 6) is 3.25. The van der Waals surface area contributed by atoms with Gasteiger partial charge in [-0.2, -0.15) is 11.8 Å². The van der Waals surface area contributed by atoms with E-state index in [1.165, 1.54) is 24.3 Å². The molecule has 21 heavy (non-hydrogen) atoms. The van der Waals surface area contributed by atoms with Gasteiger partial charge in [0.2, 0.25) is 0 Å². The number of aromatic nitrogens is 1. The number of halogens is 1. The van der Waals surface area contributed by atoms with Gasteiger partial charge in [-0.15, -0.1) is 0 Å². The Kier molecular flexibility index (Phi) is 5.88. The van der Waals surface area contributed by atoms with Crippen LogP contribution in [-0.4, -0.2) is 28.6 Å². The van der Waals surface area contributed by atoms with E-state index in [9.17, 15) is 4.39 Å². The zero-order valence-corrected chi connectivity index (χ0v) is 14.0. The first-order chi connectivity index (χ1) is 9.96. The zero-order chi connectivity index (χ0) is 15.3. The van der Waals surface area contributed by atoms with Crippen LogP contribution in [0, 0.1) is 11.7 Å². The third-order valence-corrected chi connectivity index (χ3v) is 4.73. The highest BCUT2D eigenvalue weighted by Crippen LogP contribution is 2.23. The first-order valence-corrected chi connectivity index (χ1v) is 8.81. The molecule has 2 rings (SSSR count). The number of nitrogens with one attached hydrogen (secondary N) is 2. The van der Waals surface area contributed by atoms with E-state index in [2.05, 4.69) is 36.4 Å². The second-order valence-corrected chi connectivity index (χ2v) is 7.90. The maximum atomic E-state index is 14.4. The van der Waals surface area contributed by atoms with E-state index in [-0.39, 0.29) is 11.4 Å². The number of anilines is 1. The summed E-state index contributed by atoms with van der Waals surface area (Å²) >= 11 is 2.01. The Morgan fingerprint density at radius 3 is 2.71 bits per heavy atom. The van der Waals surface area contributed by atoms with Gasteiger partial charge in [0, 0.05) is 30.4 Å². The second-order valence-electron chi connectivity index (χ2n) is 6.67. The van der Waals surface area contributed by atoms with E-state index < -0.39 is 0 Å². The highest BCUT2D eigenvalue weighted by Gasteiger charge is 2.16. The quantitative estimate of drug-likeness (QED) is 0.870. The van der Waals surface area contributed by atoms with Crippen molar-refractivity contribution < 1.29 is 4.39 Å². The third kappa shape index (κ3) is 5.47. The van der Waals surface area contributed by atoms with E-state index >= 15 is 0 Å². The van der Waals surface area contributed by atoms with Gasteiger partial charge >= 0.3 is 0 Å². The lowest BCUT2D eigenvalue weighted by atomic mass is 10.0. The molecule has 1 saturated heterocycles. The molecule has 1 aliphatic heterocycles. The van der Waals surface area contributed by atoms with Gasteiger partial charge < -0.3 is 10.6 Å². The van der Waals surface area contributed by atoms with Crippen molar-refractivity contribution in [3.8, 4) is 0 Å². The second kappa shape index (κ2) is 7.45. The number of nitrogens with zero attached hydrogens (tertiary/aromatic N) is 1. The maximum absolute atomic E-state index is 14.4. The van der Waals surface area contributed by atoms with Crippen LogP contribution in [0.1, 0.15) is 39.2 Å². The van der Waals surface area contributed by atoms with E-state index in [0.29, 0.717) is 23.8 Å². The molecular formula is C16H26FN3S. The Hall–Kier alpha value is -0.810. The minimum absolute atomic E-state index is 0.0247. The minimum atomic E-state index is -0.223. The first-order valence-electron chi connectivity index (χ1n) is 7.66. The first kappa shape index (κ1) is 16.6. The lowest BCUT2D eigenvalue weighted by Gasteiger charge is -2.23. The third-order valence-electron chi connectivity index (χ3n) is 3.68. The van der Waals surface area contributed by atoms with Gasteiger partial charge in [-0.3, -0.25) is 0 Å². The topological polar surface area (TPSA) is 37.0 Å². The summed E-state index contributed by atoms with van der Waals surface area (Å²) in [4.78, 5) is 4.15. The van der Waals surface area contributed by atoms with Crippen molar-refractivity contribution in [1.82, 2.24) is 10.3 Å². The van der Waals surface area contributed by atoms with Crippen molar-refractivity contribution >= 4 is 17.6 Å². The van der Waals surface area contributed by atoms with Crippen LogP contribution in [0.25, 0.3) is 0 Å². The Balaban J connectivity index is 1.93. The van der Waals surface area contributed by atoms with Gasteiger partial charge in [0.25, 0.3) is 0 Å². The fraction of sp³-hybridized carbons (Fsp3) is 0.688. The number of thioether (sulfide) groups is 1. The average molecular weight is 311 g/mol. The molecule has 0 bridgehead atoms. The van der Waals surface area contributed by atoms with Crippen molar-refractivity contribution in [3.05, 3.63) is 23.6 Å². The predicted octanol–water partition coefficient (Wildman–Crippen LogP) is 3.66. The van der Waals surface area contributed by atoms with Crippen molar-refractivity contribution in [3.63, 3.8) is 0 Å². The SMILES string of the molecule is CC(C)(C)NCc1ccnc(NCC2CCSCC2)c1F. The number of hydrogen-bond acceptors (Lipinski definition) is 4. The van der Waals surface area contributed by atoms with Gasteiger partial charge in [-0.05, 0) is 57.1 Å². The van der Waals surface area contributed by atoms with Crippen molar-refractivity contribution in [1.29, 1.82) is 0 Å². The van der Waals surface area contributed by atoms with Crippen LogP contribution < -0.4 is 10.6 Å². The molecule has 1 fully saturated rings. The molecule has 0 radical (unpaired) electrons. The van der Waals surface area contributed by atoms with Crippen molar-refractivity contribution in [2.45, 2.75) is 45.7 Å². The molecule has 1 aromatic heterocycles. The highest BCUT2D eigenvalue weighted by molar-refractivity contribution is 7.99. The van der Waals surface area contributed by atoms with E-state index in [0.717, 1.165) is 6.54 Å². The van der Waals surface area contributed by atoms with Gasteiger partial charge in [-0.25, -0.2) is 9.37 Å². The van der Waals surface area contributed by atoms with Crippen molar-refractivity contribution in [2.24, 2.45) is 5.92 Å². The normalized spacial score (nSPS) is 17.0. The largest absolute Gasteiger partial charge is 0.367 e. The molecule has 0 spiro atoms. The van der Waals surface area contributed by atoms with Crippen LogP contribution >= 0.6 is 11.8 Å². The molecule has 2 heterocycles. The summed E-state index contributed by atoms with van der Waals surface area (Å²) in [7, 11) is 0. The molecule has 1 aliphatic rings. The molecule has 2 N–H and O–H groups in total. The van der Waals surface area contributed by atoms with Gasteiger partial charge in [0.1, 0.15) is 0 Å². The van der Waals surface area contributed by atoms with E-state index in [1.807, 2.05) is 11.8 Å². The molecule has 0 aromatic carbocycles. The fourth-order valence-electron chi connectivity index (χ4n) is 2.30. The van der Waals surface area contributed by atoms with Gasteiger partial charge in [0.15, 0.2) is 11.6 Å². The van der Waals surface area contributed by atoms with Crippen LogP contribution in [0.2, 0.25) is 0 Å². The fourth-order valence-corrected chi connectivity index (χ4v) is 3.50. The molecule has 0 unspecified atom stereocenters. The molecule has 0 aliphatic carbocycles. The van der Waals surface area contributed by atoms with Crippen LogP contribution in [-0.2, 0) is 6.54 Å². The van der Waals surface area contributed by atoms with Crippen LogP contribution in [0.5, 0.6) is 0 Å². The zero-order valence-electron chi connectivity index (χ0n) is 13.2. The summed E-state index contributed by atoms with van der Waals surface area (Å²) < 4.78 is 14.4. The van der Waals surface area contributed by atoms with E-state index in [4.69, 9.17) is 0 Å². The summed E-state index contributed by atoms with van der Waals surface area (Å²) in [5.41, 5.74) is 0.643. The summed E-state index contributed by atoms with van der Waals surface area (Å²) in [6.07, 6.45) is 4.11. The molecular weight excluding hydrogens is 285 g/mol. The molecule has 118 valence electrons. The number of hydrogen-bond donors (Lipinski definition) is 2. The molecule has 0 saturated carbocycles. The van der Waals surface area contributed by atoms with Gasteiger partial charge in [0.05, 0.1) is 0 Å². The Morgan fingerprint density at radius 2 is 2.05 bits per heavy atom. The molecule has 3 nitrogen and oxygen atoms in total. The lowest BCUT2D eigenvalue weighted by molar-refractivity contribution is 0.418. The monoisotopic (exact) mass is 311 g/mol. The lowest BCUT2D eigenvalue weighted by Crippen LogP contribution is -2.35. The van der Waals surface area contributed by atoms with Crippen LogP contribution in [0.3, 0.4) is 0 Å². The van der Waals surface area contributed by atoms with E-state index in [1.54, 1.807) is 12.3 Å². The molecule has 0 atom stereocenters. The Morgan fingerprint density at radius 1 is 1.33 bits per heavy atom. The predicted molar refractivity (Wildman–Crippen MR) is 89.3 cm³/mol. The smallest absolute Gasteiger partial charge is 0.169 e. The maximum Gasteiger partial charge on any atom is 0.169 e. The van der Waals surface area contributed by atoms with Crippen LogP contribution in [0.15, 0.2) is 12.3 Å². The molecule has 1 aromatic rings. The standard InChI is InChI=1S/C16H26FN3S/c1-16(2,3)20-11-13-4-7-18-15(14(13)17)19-10-12-5-8-21-9-6-12/h4,7,12,20H,5-6,8-11H2,1-3H3,(H,18,19). The number of pyridine rings is 1.